The first-order valence-electron chi connectivity index (χ1n) is 16.7. The number of anilines is 1. The molecular formula is C34H40N7O6P. The number of carbonyl (C=O) groups excluding carboxylic acids is 1. The first-order valence-corrected chi connectivity index (χ1v) is 17.1. The number of amides is 1. The van der Waals surface area contributed by atoms with E-state index in [1.807, 2.05) is 36.4 Å². The van der Waals surface area contributed by atoms with Gasteiger partial charge in [-0.25, -0.2) is 14.4 Å². The maximum atomic E-state index is 13.0. The van der Waals surface area contributed by atoms with Gasteiger partial charge in [0.1, 0.15) is 12.8 Å². The average molecular weight is 675 g/mol. The molecule has 252 valence electrons. The quantitative estimate of drug-likeness (QED) is 0.126. The van der Waals surface area contributed by atoms with Crippen molar-refractivity contribution >= 4 is 31.7 Å². The molecule has 1 amide bonds. The standard InChI is InChI=1S/C34H40N7O6P/c1-20(2)41(21(3)4)48(45-16-10-15-35)47-28-17-29(46-22(28)5)40-19-36-30-31(40)37-33(38-32(30)42)39-34(43)44-18-27-25-13-8-6-11-23(25)24-12-7-9-14-26(24)27/h6-9,11-14,19-22,27-29H,10,16-18H2,1-5H3,(H2,37,38,39,42,43)/t22-,28-,29-,48?/m1/s1/i5D. The Bertz CT molecular complexity index is 1840. The van der Waals surface area contributed by atoms with Crippen LogP contribution in [0.5, 0.6) is 0 Å². The molecule has 1 aliphatic carbocycles. The minimum absolute atomic E-state index is 0.0683. The van der Waals surface area contributed by atoms with Crippen molar-refractivity contribution < 1.29 is 24.7 Å². The van der Waals surface area contributed by atoms with Gasteiger partial charge in [-0.2, -0.15) is 10.2 Å². The molecule has 0 spiro atoms. The van der Waals surface area contributed by atoms with Crippen LogP contribution in [-0.4, -0.2) is 67.8 Å². The molecule has 1 saturated heterocycles. The van der Waals surface area contributed by atoms with E-state index in [0.29, 0.717) is 6.42 Å². The number of aromatic nitrogens is 4. The van der Waals surface area contributed by atoms with Crippen molar-refractivity contribution in [1.29, 1.82) is 5.26 Å². The van der Waals surface area contributed by atoms with Crippen LogP contribution in [0, 0.1) is 11.3 Å². The van der Waals surface area contributed by atoms with E-state index in [0.717, 1.165) is 22.3 Å². The molecule has 1 fully saturated rings. The van der Waals surface area contributed by atoms with E-state index in [4.69, 9.17) is 25.2 Å². The second-order valence-corrected chi connectivity index (χ2v) is 13.7. The maximum absolute atomic E-state index is 13.0. The molecule has 6 rings (SSSR count). The fraction of sp³-hybridized carbons (Fsp3) is 0.441. The number of carbonyl (C=O) groups is 1. The van der Waals surface area contributed by atoms with Gasteiger partial charge < -0.3 is 18.5 Å². The number of H-pyrrole nitrogens is 1. The first-order chi connectivity index (χ1) is 23.7. The molecule has 0 radical (unpaired) electrons. The van der Waals surface area contributed by atoms with Crippen LogP contribution in [0.15, 0.2) is 59.7 Å². The number of fused-ring (bicyclic) bond motifs is 4. The SMILES string of the molecule is [2H]C[C@H]1O[C@@H](n2cnc3c(=O)[nH]c(NC(=O)OCC4c5ccccc5-c5ccccc54)nc32)C[C@H]1OP(OCCC#N)N(C(C)C)C(C)C. The van der Waals surface area contributed by atoms with E-state index in [1.54, 1.807) is 4.57 Å². The predicted molar refractivity (Wildman–Crippen MR) is 181 cm³/mol. The van der Waals surface area contributed by atoms with Crippen molar-refractivity contribution in [3.8, 4) is 17.2 Å². The molecule has 1 aliphatic heterocycles. The summed E-state index contributed by atoms with van der Waals surface area (Å²) in [6, 6.07) is 18.4. The van der Waals surface area contributed by atoms with E-state index in [9.17, 15) is 9.59 Å². The highest BCUT2D eigenvalue weighted by Crippen LogP contribution is 2.50. The Labute approximate surface area is 281 Å². The highest BCUT2D eigenvalue weighted by molar-refractivity contribution is 7.44. The molecule has 1 unspecified atom stereocenters. The molecule has 48 heavy (non-hydrogen) atoms. The van der Waals surface area contributed by atoms with Crippen LogP contribution < -0.4 is 10.9 Å². The summed E-state index contributed by atoms with van der Waals surface area (Å²) in [5.74, 6) is -0.224. The molecule has 14 heteroatoms. The van der Waals surface area contributed by atoms with Crippen molar-refractivity contribution in [2.45, 2.75) is 83.9 Å². The number of nitriles is 1. The van der Waals surface area contributed by atoms with Crippen LogP contribution in [0.25, 0.3) is 22.3 Å². The van der Waals surface area contributed by atoms with Crippen molar-refractivity contribution in [3.05, 3.63) is 76.3 Å². The van der Waals surface area contributed by atoms with Crippen LogP contribution >= 0.6 is 8.53 Å². The van der Waals surface area contributed by atoms with Gasteiger partial charge in [-0.05, 0) is 56.8 Å². The van der Waals surface area contributed by atoms with Crippen molar-refractivity contribution in [2.75, 3.05) is 18.5 Å². The van der Waals surface area contributed by atoms with Crippen LogP contribution in [0.2, 0.25) is 0 Å². The Kier molecular flexibility index (Phi) is 9.79. The molecule has 3 heterocycles. The van der Waals surface area contributed by atoms with E-state index < -0.39 is 38.6 Å². The third-order valence-electron chi connectivity index (χ3n) is 8.38. The summed E-state index contributed by atoms with van der Waals surface area (Å²) < 4.78 is 36.4. The summed E-state index contributed by atoms with van der Waals surface area (Å²) in [7, 11) is -1.56. The average Bonchev–Trinajstić information content (AvgIpc) is 3.77. The third kappa shape index (κ3) is 6.86. The minimum Gasteiger partial charge on any atom is -0.448 e. The number of benzene rings is 2. The lowest BCUT2D eigenvalue weighted by atomic mass is 9.98. The summed E-state index contributed by atoms with van der Waals surface area (Å²) in [6.45, 7) is 8.47. The number of nitrogens with zero attached hydrogens (tertiary/aromatic N) is 5. The number of aromatic amines is 1. The van der Waals surface area contributed by atoms with Crippen molar-refractivity contribution in [3.63, 3.8) is 0 Å². The van der Waals surface area contributed by atoms with Gasteiger partial charge in [-0.3, -0.25) is 19.7 Å². The third-order valence-corrected chi connectivity index (χ3v) is 10.5. The maximum Gasteiger partial charge on any atom is 0.414 e. The molecule has 0 bridgehead atoms. The fourth-order valence-electron chi connectivity index (χ4n) is 6.32. The van der Waals surface area contributed by atoms with Crippen LogP contribution in [-0.2, 0) is 18.5 Å². The summed E-state index contributed by atoms with van der Waals surface area (Å²) in [6.07, 6.45) is -0.487. The smallest absolute Gasteiger partial charge is 0.414 e. The van der Waals surface area contributed by atoms with Crippen LogP contribution in [0.4, 0.5) is 10.7 Å². The normalized spacial score (nSPS) is 19.8. The number of nitrogens with one attached hydrogen (secondary N) is 2. The molecule has 4 aromatic rings. The molecule has 2 aromatic heterocycles. The van der Waals surface area contributed by atoms with Gasteiger partial charge in [0.15, 0.2) is 11.2 Å². The zero-order chi connectivity index (χ0) is 34.7. The molecule has 2 aliphatic rings. The fourth-order valence-corrected chi connectivity index (χ4v) is 8.08. The molecular weight excluding hydrogens is 633 g/mol. The van der Waals surface area contributed by atoms with Crippen molar-refractivity contribution in [1.82, 2.24) is 24.2 Å². The number of imidazole rings is 1. The lowest BCUT2D eigenvalue weighted by molar-refractivity contribution is -0.00493. The Balaban J connectivity index is 1.17. The van der Waals surface area contributed by atoms with Gasteiger partial charge in [0, 0.05) is 25.8 Å². The zero-order valence-electron chi connectivity index (χ0n) is 28.3. The van der Waals surface area contributed by atoms with E-state index in [-0.39, 0.29) is 61.6 Å². The topological polar surface area (TPSA) is 157 Å². The molecule has 0 saturated carbocycles. The van der Waals surface area contributed by atoms with E-state index in [1.165, 1.54) is 6.33 Å². The number of hydrogen-bond donors (Lipinski definition) is 2. The highest BCUT2D eigenvalue weighted by atomic mass is 31.2. The Morgan fingerprint density at radius 2 is 1.88 bits per heavy atom. The largest absolute Gasteiger partial charge is 0.448 e. The first kappa shape index (κ1) is 32.4. The summed E-state index contributed by atoms with van der Waals surface area (Å²) in [5, 5.41) is 11.6. The summed E-state index contributed by atoms with van der Waals surface area (Å²) in [4.78, 5) is 37.3. The molecule has 4 atom stereocenters. The second-order valence-electron chi connectivity index (χ2n) is 12.2. The number of ether oxygens (including phenoxy) is 2. The monoisotopic (exact) mass is 674 g/mol. The van der Waals surface area contributed by atoms with Gasteiger partial charge in [0.05, 0.1) is 37.6 Å². The van der Waals surface area contributed by atoms with Crippen LogP contribution in [0.1, 0.15) is 72.1 Å². The minimum atomic E-state index is -1.56. The zero-order valence-corrected chi connectivity index (χ0v) is 28.2. The van der Waals surface area contributed by atoms with Crippen molar-refractivity contribution in [2.24, 2.45) is 0 Å². The van der Waals surface area contributed by atoms with E-state index in [2.05, 4.69) is 70.8 Å². The lowest BCUT2D eigenvalue weighted by Crippen LogP contribution is -2.35. The van der Waals surface area contributed by atoms with E-state index >= 15 is 0 Å². The molecule has 13 nitrogen and oxygen atoms in total. The molecule has 2 N–H and O–H groups in total. The number of hydrogen-bond acceptors (Lipinski definition) is 10. The number of rotatable bonds is 12. The van der Waals surface area contributed by atoms with Gasteiger partial charge >= 0.3 is 6.09 Å². The summed E-state index contributed by atoms with van der Waals surface area (Å²) in [5.41, 5.74) is 4.13. The lowest BCUT2D eigenvalue weighted by Gasteiger charge is -2.37. The summed E-state index contributed by atoms with van der Waals surface area (Å²) >= 11 is 0. The highest BCUT2D eigenvalue weighted by Gasteiger charge is 2.40. The van der Waals surface area contributed by atoms with Gasteiger partial charge in [0.2, 0.25) is 5.95 Å². The van der Waals surface area contributed by atoms with Gasteiger partial charge in [0.25, 0.3) is 14.1 Å². The Morgan fingerprint density at radius 1 is 1.19 bits per heavy atom. The Morgan fingerprint density at radius 3 is 2.52 bits per heavy atom. The van der Waals surface area contributed by atoms with Crippen LogP contribution in [0.3, 0.4) is 0 Å². The predicted octanol–water partition coefficient (Wildman–Crippen LogP) is 6.45. The van der Waals surface area contributed by atoms with Gasteiger partial charge in [-0.1, -0.05) is 48.5 Å². The Hall–Kier alpha value is -4.18. The van der Waals surface area contributed by atoms with Gasteiger partial charge in [-0.15, -0.1) is 0 Å². The second kappa shape index (κ2) is 14.5. The molecule has 2 aromatic carbocycles.